The van der Waals surface area contributed by atoms with Crippen molar-refractivity contribution in [3.63, 3.8) is 0 Å². The van der Waals surface area contributed by atoms with E-state index in [4.69, 9.17) is 11.6 Å². The molecule has 2 aliphatic rings. The average molecular weight is 350 g/mol. The van der Waals surface area contributed by atoms with Crippen molar-refractivity contribution in [3.8, 4) is 0 Å². The lowest BCUT2D eigenvalue weighted by atomic mass is 10.0. The number of likely N-dealkylation sites (N-methyl/N-ethyl adjacent to an activating group) is 1. The Hall–Kier alpha value is -0.330. The highest BCUT2D eigenvalue weighted by atomic mass is 35.5. The third kappa shape index (κ3) is 4.11. The molecule has 2 saturated heterocycles. The van der Waals surface area contributed by atoms with Crippen molar-refractivity contribution >= 4 is 41.3 Å². The van der Waals surface area contributed by atoms with Crippen molar-refractivity contribution in [1.82, 2.24) is 15.1 Å². The smallest absolute Gasteiger partial charge is 0.236 e. The Morgan fingerprint density at radius 1 is 1.43 bits per heavy atom. The Kier molecular flexibility index (Phi) is 5.91. The third-order valence-electron chi connectivity index (χ3n) is 4.27. The second-order valence-corrected chi connectivity index (χ2v) is 7.63. The van der Waals surface area contributed by atoms with Gasteiger partial charge in [0, 0.05) is 25.0 Å². The van der Waals surface area contributed by atoms with Crippen LogP contribution in [-0.4, -0.2) is 55.5 Å². The summed E-state index contributed by atoms with van der Waals surface area (Å²) in [6.45, 7) is 5.53. The van der Waals surface area contributed by atoms with Gasteiger partial charge in [-0.2, -0.15) is 0 Å². The number of nitrogens with one attached hydrogen (secondary N) is 1. The summed E-state index contributed by atoms with van der Waals surface area (Å²) < 4.78 is 0.778. The Bertz CT molecular complexity index is 484. The normalized spacial score (nSPS) is 24.7. The second kappa shape index (κ2) is 7.29. The van der Waals surface area contributed by atoms with Gasteiger partial charge < -0.3 is 10.2 Å². The SMILES string of the molecule is CN(Cc1ccc(Cl)s1)C(=O)CN1C[C@H]2CNC[C@H]2C1.Cl. The van der Waals surface area contributed by atoms with E-state index in [0.717, 1.165) is 47.2 Å². The largest absolute Gasteiger partial charge is 0.340 e. The van der Waals surface area contributed by atoms with E-state index < -0.39 is 0 Å². The number of carbonyl (C=O) groups is 1. The van der Waals surface area contributed by atoms with Gasteiger partial charge in [0.05, 0.1) is 17.4 Å². The molecule has 2 aliphatic heterocycles. The fourth-order valence-electron chi connectivity index (χ4n) is 3.15. The number of thiophene rings is 1. The number of nitrogens with zero attached hydrogens (tertiary/aromatic N) is 2. The van der Waals surface area contributed by atoms with E-state index in [0.29, 0.717) is 13.1 Å². The van der Waals surface area contributed by atoms with E-state index in [2.05, 4.69) is 10.2 Å². The zero-order valence-corrected chi connectivity index (χ0v) is 14.4. The van der Waals surface area contributed by atoms with Gasteiger partial charge in [-0.1, -0.05) is 11.6 Å². The molecule has 1 amide bonds. The van der Waals surface area contributed by atoms with E-state index in [1.54, 1.807) is 4.90 Å². The molecular weight excluding hydrogens is 329 g/mol. The van der Waals surface area contributed by atoms with Crippen LogP contribution < -0.4 is 5.32 Å². The maximum atomic E-state index is 12.3. The van der Waals surface area contributed by atoms with Crippen LogP contribution in [0.3, 0.4) is 0 Å². The van der Waals surface area contributed by atoms with Crippen LogP contribution >= 0.6 is 35.3 Å². The van der Waals surface area contributed by atoms with E-state index in [-0.39, 0.29) is 18.3 Å². The lowest BCUT2D eigenvalue weighted by Crippen LogP contribution is -2.38. The van der Waals surface area contributed by atoms with Crippen LogP contribution in [0.15, 0.2) is 12.1 Å². The summed E-state index contributed by atoms with van der Waals surface area (Å²) in [6, 6.07) is 3.87. The van der Waals surface area contributed by atoms with Crippen LogP contribution in [0.2, 0.25) is 4.34 Å². The molecule has 2 fully saturated rings. The molecule has 4 nitrogen and oxygen atoms in total. The first-order valence-corrected chi connectivity index (χ1v) is 8.22. The summed E-state index contributed by atoms with van der Waals surface area (Å²) >= 11 is 7.46. The summed E-state index contributed by atoms with van der Waals surface area (Å²) in [6.07, 6.45) is 0. The topological polar surface area (TPSA) is 35.6 Å². The zero-order chi connectivity index (χ0) is 14.1. The summed E-state index contributed by atoms with van der Waals surface area (Å²) in [7, 11) is 1.87. The van der Waals surface area contributed by atoms with Gasteiger partial charge in [0.25, 0.3) is 0 Å². The van der Waals surface area contributed by atoms with Crippen molar-refractivity contribution in [2.75, 3.05) is 39.8 Å². The fourth-order valence-corrected chi connectivity index (χ4v) is 4.29. The van der Waals surface area contributed by atoms with E-state index >= 15 is 0 Å². The molecule has 118 valence electrons. The third-order valence-corrected chi connectivity index (χ3v) is 5.49. The molecule has 1 aromatic heterocycles. The van der Waals surface area contributed by atoms with Gasteiger partial charge in [0.1, 0.15) is 0 Å². The van der Waals surface area contributed by atoms with Gasteiger partial charge >= 0.3 is 0 Å². The molecule has 0 radical (unpaired) electrons. The molecule has 1 aromatic rings. The minimum atomic E-state index is 0. The lowest BCUT2D eigenvalue weighted by Gasteiger charge is -2.21. The molecule has 3 heterocycles. The second-order valence-electron chi connectivity index (χ2n) is 5.83. The number of likely N-dealkylation sites (tertiary alicyclic amines) is 1. The highest BCUT2D eigenvalue weighted by Gasteiger charge is 2.36. The fraction of sp³-hybridized carbons (Fsp3) is 0.643. The van der Waals surface area contributed by atoms with Crippen LogP contribution in [-0.2, 0) is 11.3 Å². The van der Waals surface area contributed by atoms with Crippen LogP contribution in [0.1, 0.15) is 4.88 Å². The summed E-state index contributed by atoms with van der Waals surface area (Å²) in [4.78, 5) is 17.5. The number of hydrogen-bond donors (Lipinski definition) is 1. The monoisotopic (exact) mass is 349 g/mol. The predicted molar refractivity (Wildman–Crippen MR) is 89.3 cm³/mol. The summed E-state index contributed by atoms with van der Waals surface area (Å²) in [5.74, 6) is 1.68. The number of hydrogen-bond acceptors (Lipinski definition) is 4. The van der Waals surface area contributed by atoms with Crippen molar-refractivity contribution in [2.45, 2.75) is 6.54 Å². The number of fused-ring (bicyclic) bond motifs is 1. The average Bonchev–Trinajstić information content (AvgIpc) is 3.05. The predicted octanol–water partition coefficient (Wildman–Crippen LogP) is 1.93. The molecular formula is C14H21Cl2N3OS. The molecule has 2 atom stereocenters. The van der Waals surface area contributed by atoms with Crippen molar-refractivity contribution in [2.24, 2.45) is 11.8 Å². The molecule has 21 heavy (non-hydrogen) atoms. The summed E-state index contributed by atoms with van der Waals surface area (Å²) in [5.41, 5.74) is 0. The first kappa shape index (κ1) is 17.0. The first-order valence-electron chi connectivity index (χ1n) is 7.03. The number of halogens is 2. The van der Waals surface area contributed by atoms with E-state index in [1.165, 1.54) is 11.3 Å². The standard InChI is InChI=1S/C14H20ClN3OS.ClH/c1-17(8-12-2-3-13(15)20-12)14(19)9-18-6-10-4-16-5-11(10)7-18;/h2-3,10-11,16H,4-9H2,1H3;1H/t10-,11+;. The van der Waals surface area contributed by atoms with Crippen LogP contribution in [0, 0.1) is 11.8 Å². The molecule has 0 spiro atoms. The van der Waals surface area contributed by atoms with Gasteiger partial charge in [-0.25, -0.2) is 0 Å². The molecule has 0 aliphatic carbocycles. The molecule has 0 bridgehead atoms. The van der Waals surface area contributed by atoms with Crippen LogP contribution in [0.5, 0.6) is 0 Å². The summed E-state index contributed by atoms with van der Waals surface area (Å²) in [5, 5.41) is 3.42. The van der Waals surface area contributed by atoms with E-state index in [1.807, 2.05) is 19.2 Å². The molecule has 3 rings (SSSR count). The van der Waals surface area contributed by atoms with Crippen LogP contribution in [0.25, 0.3) is 0 Å². The van der Waals surface area contributed by atoms with Gasteiger partial charge in [0.2, 0.25) is 5.91 Å². The van der Waals surface area contributed by atoms with Gasteiger partial charge in [0.15, 0.2) is 0 Å². The maximum absolute atomic E-state index is 12.3. The minimum absolute atomic E-state index is 0. The Balaban J connectivity index is 0.00000161. The van der Waals surface area contributed by atoms with E-state index in [9.17, 15) is 4.79 Å². The van der Waals surface area contributed by atoms with Crippen molar-refractivity contribution in [1.29, 1.82) is 0 Å². The molecule has 7 heteroatoms. The maximum Gasteiger partial charge on any atom is 0.236 e. The van der Waals surface area contributed by atoms with Crippen molar-refractivity contribution in [3.05, 3.63) is 21.3 Å². The van der Waals surface area contributed by atoms with Gasteiger partial charge in [-0.05, 0) is 37.1 Å². The molecule has 0 aromatic carbocycles. The van der Waals surface area contributed by atoms with Crippen molar-refractivity contribution < 1.29 is 4.79 Å². The first-order chi connectivity index (χ1) is 9.61. The zero-order valence-electron chi connectivity index (χ0n) is 12.0. The highest BCUT2D eigenvalue weighted by molar-refractivity contribution is 7.16. The molecule has 0 saturated carbocycles. The van der Waals surface area contributed by atoms with Crippen LogP contribution in [0.4, 0.5) is 0 Å². The van der Waals surface area contributed by atoms with Gasteiger partial charge in [-0.3, -0.25) is 9.69 Å². The Labute approximate surface area is 140 Å². The number of carbonyl (C=O) groups excluding carboxylic acids is 1. The number of rotatable bonds is 4. The lowest BCUT2D eigenvalue weighted by molar-refractivity contribution is -0.131. The minimum Gasteiger partial charge on any atom is -0.340 e. The Morgan fingerprint density at radius 2 is 2.10 bits per heavy atom. The highest BCUT2D eigenvalue weighted by Crippen LogP contribution is 2.26. The molecule has 1 N–H and O–H groups in total. The number of amides is 1. The molecule has 0 unspecified atom stereocenters. The Morgan fingerprint density at radius 3 is 2.67 bits per heavy atom. The van der Waals surface area contributed by atoms with Gasteiger partial charge in [-0.15, -0.1) is 23.7 Å². The quantitative estimate of drug-likeness (QED) is 0.902.